The van der Waals surface area contributed by atoms with E-state index in [1.165, 1.54) is 12.1 Å². The van der Waals surface area contributed by atoms with E-state index in [1.54, 1.807) is 17.0 Å². The molecule has 0 aliphatic carbocycles. The normalized spacial score (nSPS) is 19.5. The van der Waals surface area contributed by atoms with Crippen LogP contribution in [0.2, 0.25) is 0 Å². The van der Waals surface area contributed by atoms with Gasteiger partial charge in [0.05, 0.1) is 0 Å². The van der Waals surface area contributed by atoms with Crippen molar-refractivity contribution in [2.45, 2.75) is 51.7 Å². The molecule has 22 heavy (non-hydrogen) atoms. The van der Waals surface area contributed by atoms with Crippen LogP contribution in [0.15, 0.2) is 24.3 Å². The molecule has 122 valence electrons. The lowest BCUT2D eigenvalue weighted by atomic mass is 10.1. The van der Waals surface area contributed by atoms with Crippen molar-refractivity contribution in [1.82, 2.24) is 4.90 Å². The molecule has 2 rings (SSSR count). The van der Waals surface area contributed by atoms with Crippen molar-refractivity contribution in [1.29, 1.82) is 0 Å². The minimum atomic E-state index is -0.463. The van der Waals surface area contributed by atoms with Crippen LogP contribution in [0, 0.1) is 5.82 Å². The molecule has 0 saturated carbocycles. The number of halogens is 1. The molecule has 1 aliphatic heterocycles. The molecule has 4 nitrogen and oxygen atoms in total. The highest BCUT2D eigenvalue weighted by Crippen LogP contribution is 2.19. The summed E-state index contributed by atoms with van der Waals surface area (Å²) in [6.07, 6.45) is 2.53. The van der Waals surface area contributed by atoms with Crippen molar-refractivity contribution in [2.24, 2.45) is 0 Å². The van der Waals surface area contributed by atoms with Crippen molar-refractivity contribution in [3.63, 3.8) is 0 Å². The van der Waals surface area contributed by atoms with Crippen LogP contribution in [0.25, 0.3) is 0 Å². The second kappa shape index (κ2) is 6.99. The van der Waals surface area contributed by atoms with Crippen molar-refractivity contribution < 1.29 is 13.9 Å². The van der Waals surface area contributed by atoms with E-state index >= 15 is 0 Å². The van der Waals surface area contributed by atoms with Gasteiger partial charge in [0.25, 0.3) is 0 Å². The molecule has 1 unspecified atom stereocenters. The Balaban J connectivity index is 1.87. The van der Waals surface area contributed by atoms with Crippen LogP contribution < -0.4 is 5.32 Å². The van der Waals surface area contributed by atoms with Gasteiger partial charge in [-0.15, -0.1) is 0 Å². The number of amides is 1. The van der Waals surface area contributed by atoms with Crippen LogP contribution in [0.5, 0.6) is 0 Å². The molecular weight excluding hydrogens is 283 g/mol. The predicted molar refractivity (Wildman–Crippen MR) is 85.5 cm³/mol. The summed E-state index contributed by atoms with van der Waals surface area (Å²) >= 11 is 0. The van der Waals surface area contributed by atoms with Crippen molar-refractivity contribution in [2.75, 3.05) is 18.4 Å². The molecule has 1 aliphatic rings. The fraction of sp³-hybridized carbons (Fsp3) is 0.588. The molecule has 1 saturated heterocycles. The number of nitrogens with one attached hydrogen (secondary N) is 1. The van der Waals surface area contributed by atoms with Gasteiger partial charge < -0.3 is 15.0 Å². The maximum Gasteiger partial charge on any atom is 0.410 e. The number of ether oxygens (including phenoxy) is 1. The Morgan fingerprint density at radius 3 is 2.55 bits per heavy atom. The Labute approximate surface area is 131 Å². The van der Waals surface area contributed by atoms with Gasteiger partial charge >= 0.3 is 6.09 Å². The fourth-order valence-electron chi connectivity index (χ4n) is 2.53. The standard InChI is InChI=1S/C17H25FN2O2/c1-17(2,3)22-16(21)20-11-4-5-14(10-12-20)19-15-8-6-13(18)7-9-15/h6-9,14,19H,4-5,10-12H2,1-3H3. The SMILES string of the molecule is CC(C)(C)OC(=O)N1CCCC(Nc2ccc(F)cc2)CC1. The third-order valence-electron chi connectivity index (χ3n) is 3.59. The monoisotopic (exact) mass is 308 g/mol. The summed E-state index contributed by atoms with van der Waals surface area (Å²) < 4.78 is 18.3. The maximum absolute atomic E-state index is 12.9. The van der Waals surface area contributed by atoms with Gasteiger partial charge in [0.1, 0.15) is 11.4 Å². The zero-order valence-corrected chi connectivity index (χ0v) is 13.6. The lowest BCUT2D eigenvalue weighted by molar-refractivity contribution is 0.0256. The van der Waals surface area contributed by atoms with Crippen LogP contribution in [0.4, 0.5) is 14.9 Å². The zero-order valence-electron chi connectivity index (χ0n) is 13.6. The predicted octanol–water partition coefficient (Wildman–Crippen LogP) is 4.03. The van der Waals surface area contributed by atoms with E-state index in [9.17, 15) is 9.18 Å². The summed E-state index contributed by atoms with van der Waals surface area (Å²) in [5.41, 5.74) is 0.451. The summed E-state index contributed by atoms with van der Waals surface area (Å²) in [5.74, 6) is -0.234. The number of rotatable bonds is 2. The Hall–Kier alpha value is -1.78. The fourth-order valence-corrected chi connectivity index (χ4v) is 2.53. The number of hydrogen-bond donors (Lipinski definition) is 1. The van der Waals surface area contributed by atoms with Gasteiger partial charge in [-0.2, -0.15) is 0 Å². The summed E-state index contributed by atoms with van der Waals surface area (Å²) in [6.45, 7) is 7.02. The van der Waals surface area contributed by atoms with E-state index in [0.29, 0.717) is 6.54 Å². The lowest BCUT2D eigenvalue weighted by Gasteiger charge is -2.26. The number of likely N-dealkylation sites (tertiary alicyclic amines) is 1. The highest BCUT2D eigenvalue weighted by atomic mass is 19.1. The van der Waals surface area contributed by atoms with Crippen molar-refractivity contribution >= 4 is 11.8 Å². The van der Waals surface area contributed by atoms with E-state index in [1.807, 2.05) is 20.8 Å². The molecule has 1 heterocycles. The van der Waals surface area contributed by atoms with Gasteiger partial charge in [0, 0.05) is 24.8 Å². The first-order valence-corrected chi connectivity index (χ1v) is 7.83. The molecule has 0 spiro atoms. The number of nitrogens with zero attached hydrogens (tertiary/aromatic N) is 1. The molecule has 1 fully saturated rings. The van der Waals surface area contributed by atoms with Gasteiger partial charge in [-0.1, -0.05) is 0 Å². The maximum atomic E-state index is 12.9. The summed E-state index contributed by atoms with van der Waals surface area (Å²) in [4.78, 5) is 13.9. The lowest BCUT2D eigenvalue weighted by Crippen LogP contribution is -2.37. The van der Waals surface area contributed by atoms with Crippen LogP contribution in [-0.2, 0) is 4.74 Å². The van der Waals surface area contributed by atoms with Gasteiger partial charge in [-0.3, -0.25) is 0 Å². The number of hydrogen-bond acceptors (Lipinski definition) is 3. The Bertz CT molecular complexity index is 496. The van der Waals surface area contributed by atoms with Gasteiger partial charge in [0.2, 0.25) is 0 Å². The van der Waals surface area contributed by atoms with Crippen LogP contribution in [-0.4, -0.2) is 35.7 Å². The average molecular weight is 308 g/mol. The van der Waals surface area contributed by atoms with E-state index < -0.39 is 5.60 Å². The van der Waals surface area contributed by atoms with Crippen LogP contribution in [0.3, 0.4) is 0 Å². The van der Waals surface area contributed by atoms with Crippen LogP contribution in [0.1, 0.15) is 40.0 Å². The third kappa shape index (κ3) is 5.20. The van der Waals surface area contributed by atoms with Gasteiger partial charge in [-0.25, -0.2) is 9.18 Å². The molecule has 1 aromatic carbocycles. The first-order chi connectivity index (χ1) is 10.3. The molecule has 1 N–H and O–H groups in total. The minimum Gasteiger partial charge on any atom is -0.444 e. The number of benzene rings is 1. The quantitative estimate of drug-likeness (QED) is 0.897. The molecule has 5 heteroatoms. The number of anilines is 1. The van der Waals surface area contributed by atoms with Crippen molar-refractivity contribution in [3.05, 3.63) is 30.1 Å². The molecule has 0 bridgehead atoms. The second-order valence-electron chi connectivity index (χ2n) is 6.75. The molecular formula is C17H25FN2O2. The van der Waals surface area contributed by atoms with Gasteiger partial charge in [-0.05, 0) is 64.3 Å². The first-order valence-electron chi connectivity index (χ1n) is 7.83. The molecule has 1 amide bonds. The topological polar surface area (TPSA) is 41.6 Å². The molecule has 0 radical (unpaired) electrons. The Morgan fingerprint density at radius 1 is 1.23 bits per heavy atom. The minimum absolute atomic E-state index is 0.234. The summed E-state index contributed by atoms with van der Waals surface area (Å²) in [6, 6.07) is 6.67. The highest BCUT2D eigenvalue weighted by Gasteiger charge is 2.25. The summed E-state index contributed by atoms with van der Waals surface area (Å²) in [5, 5.41) is 3.41. The number of carbonyl (C=O) groups is 1. The van der Waals surface area contributed by atoms with Crippen molar-refractivity contribution in [3.8, 4) is 0 Å². The second-order valence-corrected chi connectivity index (χ2v) is 6.75. The largest absolute Gasteiger partial charge is 0.444 e. The average Bonchev–Trinajstić information content (AvgIpc) is 2.65. The molecule has 0 aromatic heterocycles. The Kier molecular flexibility index (Phi) is 5.27. The van der Waals surface area contributed by atoms with Crippen LogP contribution >= 0.6 is 0 Å². The molecule has 1 atom stereocenters. The van der Waals surface area contributed by atoms with E-state index in [2.05, 4.69) is 5.32 Å². The first kappa shape index (κ1) is 16.6. The van der Waals surface area contributed by atoms with E-state index in [-0.39, 0.29) is 18.0 Å². The smallest absolute Gasteiger partial charge is 0.410 e. The summed E-state index contributed by atoms with van der Waals surface area (Å²) in [7, 11) is 0. The highest BCUT2D eigenvalue weighted by molar-refractivity contribution is 5.68. The van der Waals surface area contributed by atoms with Gasteiger partial charge in [0.15, 0.2) is 0 Å². The molecule has 1 aromatic rings. The zero-order chi connectivity index (χ0) is 16.2. The van der Waals surface area contributed by atoms with E-state index in [4.69, 9.17) is 4.74 Å². The third-order valence-corrected chi connectivity index (χ3v) is 3.59. The Morgan fingerprint density at radius 2 is 1.91 bits per heavy atom. The number of carbonyl (C=O) groups excluding carboxylic acids is 1. The van der Waals surface area contributed by atoms with E-state index in [0.717, 1.165) is 31.5 Å².